The summed E-state index contributed by atoms with van der Waals surface area (Å²) in [6.45, 7) is 7.68. The van der Waals surface area contributed by atoms with Crippen LogP contribution in [0, 0.1) is 5.41 Å². The Morgan fingerprint density at radius 3 is 2.57 bits per heavy atom. The second kappa shape index (κ2) is 13.7. The number of nitrogens with one attached hydrogen (secondary N) is 2. The number of carbonyl (C=O) groups is 5. The highest BCUT2D eigenvalue weighted by atomic mass is 32.2. The van der Waals surface area contributed by atoms with Gasteiger partial charge in [0.2, 0.25) is 6.79 Å². The maximum Gasteiger partial charge on any atom is 0.407 e. The predicted molar refractivity (Wildman–Crippen MR) is 152 cm³/mol. The van der Waals surface area contributed by atoms with Gasteiger partial charge in [-0.1, -0.05) is 11.2 Å². The van der Waals surface area contributed by atoms with Crippen LogP contribution in [0.15, 0.2) is 34.0 Å². The number of amides is 3. The van der Waals surface area contributed by atoms with Crippen LogP contribution in [0.1, 0.15) is 40.3 Å². The van der Waals surface area contributed by atoms with E-state index in [1.165, 1.54) is 29.3 Å². The van der Waals surface area contributed by atoms with Gasteiger partial charge in [0.15, 0.2) is 10.8 Å². The molecule has 2 aliphatic rings. The minimum absolute atomic E-state index is 0.0307. The molecule has 2 atom stereocenters. The number of nitrogens with zero attached hydrogens (tertiary/aromatic N) is 3. The lowest BCUT2D eigenvalue weighted by Gasteiger charge is -2.49. The normalized spacial score (nSPS) is 18.9. The summed E-state index contributed by atoms with van der Waals surface area (Å²) in [5, 5.41) is 18.3. The van der Waals surface area contributed by atoms with Crippen molar-refractivity contribution < 1.29 is 43.4 Å². The van der Waals surface area contributed by atoms with E-state index in [9.17, 15) is 29.2 Å². The molecular weight excluding hydrogens is 592 g/mol. The Morgan fingerprint density at radius 1 is 1.26 bits per heavy atom. The number of fused-ring (bicyclic) bond motifs is 1. The Balaban J connectivity index is 1.77. The van der Waals surface area contributed by atoms with Crippen LogP contribution >= 0.6 is 23.1 Å². The van der Waals surface area contributed by atoms with Gasteiger partial charge in [-0.25, -0.2) is 14.6 Å². The number of β-lactam (4-membered cyclic amide) rings is 1. The van der Waals surface area contributed by atoms with Gasteiger partial charge in [-0.3, -0.25) is 19.3 Å². The smallest absolute Gasteiger partial charge is 0.407 e. The molecule has 0 aromatic carbocycles. The Kier molecular flexibility index (Phi) is 10.6. The number of oxime groups is 1. The predicted octanol–water partition coefficient (Wildman–Crippen LogP) is 1.34. The Morgan fingerprint density at radius 2 is 1.98 bits per heavy atom. The lowest BCUT2D eigenvalue weighted by molar-refractivity contribution is -0.173. The number of carbonyl (C=O) groups excluding carboxylic acids is 5. The van der Waals surface area contributed by atoms with Crippen molar-refractivity contribution in [3.8, 4) is 0 Å². The number of hydrogen-bond donors (Lipinski definition) is 4. The molecule has 3 heterocycles. The number of allylic oxidation sites excluding steroid dienone is 1. The number of nitrogens with two attached hydrogens (primary N) is 1. The van der Waals surface area contributed by atoms with Crippen molar-refractivity contribution in [3.63, 3.8) is 0 Å². The molecule has 1 saturated heterocycles. The number of aromatic nitrogens is 1. The molecule has 3 amide bonds. The number of nitrogen functional groups attached to an aromatic ring is 1. The Labute approximate surface area is 249 Å². The van der Waals surface area contributed by atoms with Crippen LogP contribution in [0.4, 0.5) is 9.93 Å². The Hall–Kier alpha value is -4.12. The highest BCUT2D eigenvalue weighted by molar-refractivity contribution is 8.00. The number of thioether (sulfide) groups is 1. The van der Waals surface area contributed by atoms with Gasteiger partial charge in [0.25, 0.3) is 11.8 Å². The topological polar surface area (TPSA) is 212 Å². The zero-order valence-corrected chi connectivity index (χ0v) is 25.2. The number of esters is 2. The number of hydrogen-bond acceptors (Lipinski definition) is 14. The molecule has 0 spiro atoms. The van der Waals surface area contributed by atoms with Gasteiger partial charge in [0.05, 0.1) is 5.41 Å². The maximum absolute atomic E-state index is 13.2. The average molecular weight is 625 g/mol. The fourth-order valence-corrected chi connectivity index (χ4v) is 5.46. The van der Waals surface area contributed by atoms with E-state index < -0.39 is 59.2 Å². The number of ether oxygens (including phenoxy) is 3. The summed E-state index contributed by atoms with van der Waals surface area (Å²) in [6.07, 6.45) is 2.40. The molecule has 0 radical (unpaired) electrons. The van der Waals surface area contributed by atoms with Crippen molar-refractivity contribution in [2.45, 2.75) is 52.1 Å². The molecule has 5 N–H and O–H groups in total. The number of anilines is 1. The average Bonchev–Trinajstić information content (AvgIpc) is 3.34. The lowest BCUT2D eigenvalue weighted by Crippen LogP contribution is -2.71. The third-order valence-corrected chi connectivity index (χ3v) is 7.56. The molecule has 1 aromatic rings. The molecule has 0 bridgehead atoms. The van der Waals surface area contributed by atoms with E-state index in [1.54, 1.807) is 34.6 Å². The van der Waals surface area contributed by atoms with Crippen LogP contribution in [-0.4, -0.2) is 87.3 Å². The summed E-state index contributed by atoms with van der Waals surface area (Å²) >= 11 is 2.29. The number of thiazole rings is 1. The molecule has 0 saturated carbocycles. The first-order valence-corrected chi connectivity index (χ1v) is 14.5. The van der Waals surface area contributed by atoms with E-state index in [1.807, 2.05) is 0 Å². The molecule has 228 valence electrons. The number of rotatable bonds is 10. The van der Waals surface area contributed by atoms with E-state index in [2.05, 4.69) is 20.8 Å². The van der Waals surface area contributed by atoms with Crippen LogP contribution in [0.25, 0.3) is 0 Å². The number of alkyl carbamates (subject to hydrolysis) is 1. The zero-order valence-electron chi connectivity index (χ0n) is 23.5. The zero-order chi connectivity index (χ0) is 31.2. The second-order valence-corrected chi connectivity index (χ2v) is 12.3. The van der Waals surface area contributed by atoms with E-state index in [4.69, 9.17) is 19.9 Å². The van der Waals surface area contributed by atoms with E-state index in [-0.39, 0.29) is 34.9 Å². The van der Waals surface area contributed by atoms with Crippen molar-refractivity contribution in [1.82, 2.24) is 20.5 Å². The molecule has 17 heteroatoms. The van der Waals surface area contributed by atoms with Gasteiger partial charge >= 0.3 is 18.0 Å². The highest BCUT2D eigenvalue weighted by Crippen LogP contribution is 2.41. The fourth-order valence-electron chi connectivity index (χ4n) is 3.59. The van der Waals surface area contributed by atoms with Crippen molar-refractivity contribution in [2.75, 3.05) is 24.9 Å². The third-order valence-electron chi connectivity index (χ3n) is 5.59. The van der Waals surface area contributed by atoms with Gasteiger partial charge in [-0.2, -0.15) is 0 Å². The molecule has 42 heavy (non-hydrogen) atoms. The molecule has 1 fully saturated rings. The molecule has 0 aliphatic carbocycles. The third kappa shape index (κ3) is 7.79. The first-order chi connectivity index (χ1) is 19.7. The van der Waals surface area contributed by atoms with Crippen LogP contribution in [0.2, 0.25) is 0 Å². The van der Waals surface area contributed by atoms with Gasteiger partial charge in [-0.05, 0) is 46.3 Å². The van der Waals surface area contributed by atoms with Crippen LogP contribution in [0.5, 0.6) is 0 Å². The van der Waals surface area contributed by atoms with Crippen molar-refractivity contribution in [3.05, 3.63) is 34.5 Å². The summed E-state index contributed by atoms with van der Waals surface area (Å²) < 4.78 is 15.3. The molecule has 3 rings (SSSR count). The van der Waals surface area contributed by atoms with Crippen LogP contribution in [0.3, 0.4) is 0 Å². The molecular formula is C25H32N6O9S2. The van der Waals surface area contributed by atoms with E-state index in [0.29, 0.717) is 5.57 Å². The fraction of sp³-hybridized carbons (Fsp3) is 0.480. The largest absolute Gasteiger partial charge is 0.445 e. The van der Waals surface area contributed by atoms with Gasteiger partial charge in [-0.15, -0.1) is 23.1 Å². The summed E-state index contributed by atoms with van der Waals surface area (Å²) in [7, 11) is 0. The van der Waals surface area contributed by atoms with Crippen molar-refractivity contribution in [1.29, 1.82) is 0 Å². The van der Waals surface area contributed by atoms with Crippen LogP contribution < -0.4 is 16.4 Å². The first-order valence-electron chi connectivity index (χ1n) is 12.6. The SMILES string of the molecule is CC(C)NC(=O)OC/C=C\C1=C(C(=O)OCOC(=O)C(C)(C)C)N2C(=O)C(NC(=O)/C(=N\O)c3csc(N)n3)[C@H]2SC1. The minimum Gasteiger partial charge on any atom is -0.445 e. The lowest BCUT2D eigenvalue weighted by atomic mass is 9.98. The molecule has 1 unspecified atom stereocenters. The molecule has 1 aromatic heterocycles. The molecule has 15 nitrogen and oxygen atoms in total. The van der Waals surface area contributed by atoms with Gasteiger partial charge in [0, 0.05) is 17.2 Å². The summed E-state index contributed by atoms with van der Waals surface area (Å²) in [5.74, 6) is -2.82. The standard InChI is InChI=1S/C25H32N6O9S2/c1-12(2)27-24(36)38-8-6-7-13-9-41-20-16(29-18(32)15(30-37)14-10-42-23(26)28-14)19(33)31(20)17(13)21(34)39-11-40-22(35)25(3,4)5/h6-7,10,12,16,20,37H,8-9,11H2,1-5H3,(H2,26,28)(H,27,36)(H,29,32)/b7-6-,30-15-/t16?,20-/m1/s1. The quantitative estimate of drug-likeness (QED) is 0.0725. The van der Waals surface area contributed by atoms with Gasteiger partial charge < -0.3 is 35.8 Å². The highest BCUT2D eigenvalue weighted by Gasteiger charge is 2.54. The molecule has 2 aliphatic heterocycles. The van der Waals surface area contributed by atoms with Crippen LogP contribution in [-0.2, 0) is 33.4 Å². The Bertz CT molecular complexity index is 1330. The minimum atomic E-state index is -1.06. The summed E-state index contributed by atoms with van der Waals surface area (Å²) in [6, 6.07) is -1.18. The second-order valence-electron chi connectivity index (χ2n) is 10.3. The van der Waals surface area contributed by atoms with E-state index in [0.717, 1.165) is 16.2 Å². The van der Waals surface area contributed by atoms with Crippen molar-refractivity contribution in [2.24, 2.45) is 10.6 Å². The van der Waals surface area contributed by atoms with Gasteiger partial charge in [0.1, 0.15) is 29.4 Å². The first kappa shape index (κ1) is 32.4. The maximum atomic E-state index is 13.2. The summed E-state index contributed by atoms with van der Waals surface area (Å²) in [5.41, 5.74) is 4.62. The monoisotopic (exact) mass is 624 g/mol. The van der Waals surface area contributed by atoms with Crippen molar-refractivity contribution >= 4 is 63.8 Å². The summed E-state index contributed by atoms with van der Waals surface area (Å²) in [4.78, 5) is 68.0. The van der Waals surface area contributed by atoms with E-state index >= 15 is 0 Å².